The average molecular weight is 314 g/mol. The Balaban J connectivity index is 1.95. The van der Waals surface area contributed by atoms with Gasteiger partial charge in [0.25, 0.3) is 0 Å². The molecule has 0 bridgehead atoms. The van der Waals surface area contributed by atoms with Crippen molar-refractivity contribution in [1.82, 2.24) is 0 Å². The van der Waals surface area contributed by atoms with Crippen LogP contribution >= 0.6 is 0 Å². The van der Waals surface area contributed by atoms with Crippen LogP contribution in [0.3, 0.4) is 0 Å². The Hall–Kier alpha value is -2.95. The van der Waals surface area contributed by atoms with Gasteiger partial charge in [0, 0.05) is 6.08 Å². The van der Waals surface area contributed by atoms with Crippen LogP contribution in [-0.2, 0) is 9.53 Å². The second-order valence-electron chi connectivity index (χ2n) is 4.62. The summed E-state index contributed by atoms with van der Waals surface area (Å²) in [6.45, 7) is -0.488. The molecule has 0 N–H and O–H groups in total. The Morgan fingerprint density at radius 1 is 1.13 bits per heavy atom. The van der Waals surface area contributed by atoms with Crippen LogP contribution in [-0.4, -0.2) is 25.5 Å². The normalized spacial score (nSPS) is 10.5. The van der Waals surface area contributed by atoms with E-state index in [1.807, 2.05) is 30.3 Å². The summed E-state index contributed by atoms with van der Waals surface area (Å²) in [5, 5.41) is 0. The molecule has 0 aliphatic rings. The van der Waals surface area contributed by atoms with Crippen LogP contribution in [0.25, 0.3) is 6.08 Å². The molecule has 0 atom stereocenters. The van der Waals surface area contributed by atoms with E-state index in [4.69, 9.17) is 9.47 Å². The highest BCUT2D eigenvalue weighted by atomic mass is 19.1. The van der Waals surface area contributed by atoms with Crippen LogP contribution in [0.2, 0.25) is 0 Å². The first kappa shape index (κ1) is 16.4. The Morgan fingerprint density at radius 2 is 1.87 bits per heavy atom. The zero-order chi connectivity index (χ0) is 16.7. The molecule has 2 rings (SSSR count). The average Bonchev–Trinajstić information content (AvgIpc) is 2.58. The summed E-state index contributed by atoms with van der Waals surface area (Å²) in [6, 6.07) is 12.8. The molecule has 4 nitrogen and oxygen atoms in total. The fourth-order valence-corrected chi connectivity index (χ4v) is 1.89. The largest absolute Gasteiger partial charge is 0.496 e. The summed E-state index contributed by atoms with van der Waals surface area (Å²) < 4.78 is 23.1. The van der Waals surface area contributed by atoms with Crippen molar-refractivity contribution >= 4 is 17.8 Å². The quantitative estimate of drug-likeness (QED) is 0.466. The molecule has 2 aromatic rings. The topological polar surface area (TPSA) is 52.6 Å². The van der Waals surface area contributed by atoms with Crippen molar-refractivity contribution in [2.45, 2.75) is 0 Å². The van der Waals surface area contributed by atoms with Gasteiger partial charge in [-0.1, -0.05) is 30.3 Å². The maximum absolute atomic E-state index is 13.2. The molecule has 0 spiro atoms. The summed E-state index contributed by atoms with van der Waals surface area (Å²) in [7, 11) is 1.37. The molecule has 0 heterocycles. The van der Waals surface area contributed by atoms with Gasteiger partial charge < -0.3 is 9.47 Å². The maximum Gasteiger partial charge on any atom is 0.331 e. The fourth-order valence-electron chi connectivity index (χ4n) is 1.89. The molecule has 2 aromatic carbocycles. The third-order valence-electron chi connectivity index (χ3n) is 3.02. The highest BCUT2D eigenvalue weighted by Gasteiger charge is 2.15. The second kappa shape index (κ2) is 7.89. The van der Waals surface area contributed by atoms with Crippen molar-refractivity contribution in [3.63, 3.8) is 0 Å². The zero-order valence-corrected chi connectivity index (χ0v) is 12.5. The Morgan fingerprint density at radius 3 is 2.57 bits per heavy atom. The number of hydrogen-bond donors (Lipinski definition) is 0. The Labute approximate surface area is 133 Å². The highest BCUT2D eigenvalue weighted by Crippen LogP contribution is 2.19. The maximum atomic E-state index is 13.2. The van der Waals surface area contributed by atoms with Gasteiger partial charge in [-0.25, -0.2) is 9.18 Å². The number of methoxy groups -OCH3 is 1. The van der Waals surface area contributed by atoms with E-state index < -0.39 is 24.2 Å². The highest BCUT2D eigenvalue weighted by molar-refractivity contribution is 6.01. The second-order valence-corrected chi connectivity index (χ2v) is 4.62. The van der Waals surface area contributed by atoms with Crippen LogP contribution in [0.1, 0.15) is 15.9 Å². The number of ether oxygens (including phenoxy) is 2. The monoisotopic (exact) mass is 314 g/mol. The van der Waals surface area contributed by atoms with Crippen LogP contribution in [0.4, 0.5) is 4.39 Å². The summed E-state index contributed by atoms with van der Waals surface area (Å²) in [5.74, 6) is -1.53. The van der Waals surface area contributed by atoms with Gasteiger partial charge in [-0.15, -0.1) is 0 Å². The van der Waals surface area contributed by atoms with Crippen LogP contribution < -0.4 is 4.74 Å². The van der Waals surface area contributed by atoms with Gasteiger partial charge >= 0.3 is 5.97 Å². The van der Waals surface area contributed by atoms with Gasteiger partial charge in [-0.3, -0.25) is 4.79 Å². The number of benzene rings is 2. The summed E-state index contributed by atoms with van der Waals surface area (Å²) in [6.07, 6.45) is 2.81. The first-order valence-electron chi connectivity index (χ1n) is 6.87. The van der Waals surface area contributed by atoms with Gasteiger partial charge in [0.15, 0.2) is 6.61 Å². The third-order valence-corrected chi connectivity index (χ3v) is 3.02. The lowest BCUT2D eigenvalue weighted by atomic mass is 10.1. The minimum absolute atomic E-state index is 0.0346. The van der Waals surface area contributed by atoms with Crippen molar-refractivity contribution in [2.75, 3.05) is 13.7 Å². The minimum Gasteiger partial charge on any atom is -0.496 e. The van der Waals surface area contributed by atoms with Crippen LogP contribution in [0, 0.1) is 5.82 Å². The number of carbonyl (C=O) groups is 2. The SMILES string of the molecule is COc1ccc(F)cc1C(=O)COC(=O)/C=C/c1ccccc1. The molecule has 23 heavy (non-hydrogen) atoms. The fraction of sp³-hybridized carbons (Fsp3) is 0.111. The van der Waals surface area contributed by atoms with Gasteiger partial charge in [0.05, 0.1) is 12.7 Å². The van der Waals surface area contributed by atoms with Crippen LogP contribution in [0.5, 0.6) is 5.75 Å². The van der Waals surface area contributed by atoms with E-state index in [9.17, 15) is 14.0 Å². The molecule has 0 aliphatic carbocycles. The predicted molar refractivity (Wildman–Crippen MR) is 83.7 cm³/mol. The summed E-state index contributed by atoms with van der Waals surface area (Å²) >= 11 is 0. The Kier molecular flexibility index (Phi) is 5.63. The smallest absolute Gasteiger partial charge is 0.331 e. The first-order valence-corrected chi connectivity index (χ1v) is 6.87. The minimum atomic E-state index is -0.655. The number of carbonyl (C=O) groups excluding carboxylic acids is 2. The standard InChI is InChI=1S/C18H15FO4/c1-22-17-9-8-14(19)11-15(17)16(20)12-23-18(21)10-7-13-5-3-2-4-6-13/h2-11H,12H2,1H3/b10-7+. The first-order chi connectivity index (χ1) is 11.1. The van der Waals surface area contributed by atoms with E-state index in [1.54, 1.807) is 6.08 Å². The van der Waals surface area contributed by atoms with Crippen molar-refractivity contribution in [1.29, 1.82) is 0 Å². The number of esters is 1. The number of Topliss-reactive ketones (excluding diaryl/α,β-unsaturated/α-hetero) is 1. The lowest BCUT2D eigenvalue weighted by molar-refractivity contribution is -0.136. The van der Waals surface area contributed by atoms with Gasteiger partial charge in [0.1, 0.15) is 11.6 Å². The molecule has 118 valence electrons. The molecule has 0 amide bonds. The molecule has 5 heteroatoms. The van der Waals surface area contributed by atoms with Crippen LogP contribution in [0.15, 0.2) is 54.6 Å². The zero-order valence-electron chi connectivity index (χ0n) is 12.5. The van der Waals surface area contributed by atoms with Crippen molar-refractivity contribution < 1.29 is 23.5 Å². The summed E-state index contributed by atoms with van der Waals surface area (Å²) in [5.41, 5.74) is 0.870. The molecular formula is C18H15FO4. The van der Waals surface area contributed by atoms with Gasteiger partial charge in [-0.05, 0) is 29.8 Å². The molecule has 0 aliphatic heterocycles. The van der Waals surface area contributed by atoms with E-state index in [1.165, 1.54) is 25.3 Å². The predicted octanol–water partition coefficient (Wildman–Crippen LogP) is 3.27. The molecule has 0 radical (unpaired) electrons. The van der Waals surface area contributed by atoms with E-state index in [2.05, 4.69) is 0 Å². The molecule has 0 aromatic heterocycles. The number of rotatable bonds is 6. The molecule has 0 fully saturated rings. The molecule has 0 saturated carbocycles. The van der Waals surface area contributed by atoms with E-state index >= 15 is 0 Å². The van der Waals surface area contributed by atoms with E-state index in [0.717, 1.165) is 11.6 Å². The van der Waals surface area contributed by atoms with E-state index in [-0.39, 0.29) is 11.3 Å². The van der Waals surface area contributed by atoms with Crippen molar-refractivity contribution in [3.05, 3.63) is 71.6 Å². The van der Waals surface area contributed by atoms with Crippen molar-refractivity contribution in [2.24, 2.45) is 0 Å². The summed E-state index contributed by atoms with van der Waals surface area (Å²) in [4.78, 5) is 23.6. The molecule has 0 saturated heterocycles. The molecular weight excluding hydrogens is 299 g/mol. The Bertz CT molecular complexity index is 723. The van der Waals surface area contributed by atoms with E-state index in [0.29, 0.717) is 0 Å². The third kappa shape index (κ3) is 4.78. The lowest BCUT2D eigenvalue weighted by Gasteiger charge is -2.07. The molecule has 0 unspecified atom stereocenters. The van der Waals surface area contributed by atoms with Gasteiger partial charge in [0.2, 0.25) is 5.78 Å². The lowest BCUT2D eigenvalue weighted by Crippen LogP contribution is -2.13. The van der Waals surface area contributed by atoms with Crippen molar-refractivity contribution in [3.8, 4) is 5.75 Å². The van der Waals surface area contributed by atoms with Gasteiger partial charge in [-0.2, -0.15) is 0 Å². The number of ketones is 1. The number of hydrogen-bond acceptors (Lipinski definition) is 4. The number of halogens is 1.